The van der Waals surface area contributed by atoms with Crippen LogP contribution >= 0.6 is 11.6 Å². The van der Waals surface area contributed by atoms with E-state index in [9.17, 15) is 18.4 Å². The standard InChI is InChI=1S/C23H17ClF2N2O2/c24-16-5-10-20-19(12-16)23(15-3-8-18(26)9-4-15)28(13-21(29)27-20)22(30)11-14-1-6-17(25)7-2-14/h1-10,12,23H,11,13H2,(H,27,29). The third kappa shape index (κ3) is 4.19. The number of carbonyl (C=O) groups is 2. The average Bonchev–Trinajstić information content (AvgIpc) is 2.86. The van der Waals surface area contributed by atoms with Crippen molar-refractivity contribution in [1.29, 1.82) is 0 Å². The number of carbonyl (C=O) groups excluding carboxylic acids is 2. The molecule has 0 fully saturated rings. The number of hydrogen-bond donors (Lipinski definition) is 1. The van der Waals surface area contributed by atoms with Gasteiger partial charge in [-0.05, 0) is 53.6 Å². The summed E-state index contributed by atoms with van der Waals surface area (Å²) < 4.78 is 26.7. The Morgan fingerprint density at radius 2 is 1.63 bits per heavy atom. The van der Waals surface area contributed by atoms with Crippen LogP contribution < -0.4 is 5.32 Å². The summed E-state index contributed by atoms with van der Waals surface area (Å²) in [5, 5.41) is 3.25. The number of nitrogens with one attached hydrogen (secondary N) is 1. The monoisotopic (exact) mass is 426 g/mol. The number of benzene rings is 3. The SMILES string of the molecule is O=C1CN(C(=O)Cc2ccc(F)cc2)C(c2ccc(F)cc2)c2cc(Cl)ccc2N1. The van der Waals surface area contributed by atoms with Gasteiger partial charge in [-0.15, -0.1) is 0 Å². The molecular formula is C23H17ClF2N2O2. The molecule has 3 aromatic carbocycles. The lowest BCUT2D eigenvalue weighted by Gasteiger charge is -2.31. The number of hydrogen-bond acceptors (Lipinski definition) is 2. The van der Waals surface area contributed by atoms with Crippen LogP contribution in [0.2, 0.25) is 5.02 Å². The summed E-state index contributed by atoms with van der Waals surface area (Å²) in [5.41, 5.74) is 2.43. The fourth-order valence-electron chi connectivity index (χ4n) is 3.59. The van der Waals surface area contributed by atoms with E-state index in [1.807, 2.05) is 0 Å². The first kappa shape index (κ1) is 20.0. The molecule has 1 atom stereocenters. The molecule has 0 saturated carbocycles. The Balaban J connectivity index is 1.79. The van der Waals surface area contributed by atoms with Crippen molar-refractivity contribution in [3.8, 4) is 0 Å². The molecule has 0 bridgehead atoms. The summed E-state index contributed by atoms with van der Waals surface area (Å²) >= 11 is 6.20. The Labute approximate surface area is 177 Å². The predicted molar refractivity (Wildman–Crippen MR) is 110 cm³/mol. The van der Waals surface area contributed by atoms with Gasteiger partial charge in [0.15, 0.2) is 0 Å². The average molecular weight is 427 g/mol. The number of nitrogens with zero attached hydrogens (tertiary/aromatic N) is 1. The lowest BCUT2D eigenvalue weighted by molar-refractivity contribution is -0.135. The number of halogens is 3. The molecule has 7 heteroatoms. The predicted octanol–water partition coefficient (Wildman–Crippen LogP) is 4.73. The molecule has 4 rings (SSSR count). The van der Waals surface area contributed by atoms with E-state index < -0.39 is 17.7 Å². The smallest absolute Gasteiger partial charge is 0.244 e. The second-order valence-electron chi connectivity index (χ2n) is 7.06. The highest BCUT2D eigenvalue weighted by molar-refractivity contribution is 6.30. The van der Waals surface area contributed by atoms with Crippen molar-refractivity contribution in [3.05, 3.63) is 100 Å². The van der Waals surface area contributed by atoms with Gasteiger partial charge in [-0.25, -0.2) is 8.78 Å². The Hall–Kier alpha value is -3.25. The van der Waals surface area contributed by atoms with Crippen LogP contribution in [0, 0.1) is 11.6 Å². The molecule has 0 spiro atoms. The zero-order valence-corrected chi connectivity index (χ0v) is 16.5. The van der Waals surface area contributed by atoms with Gasteiger partial charge in [-0.1, -0.05) is 35.9 Å². The van der Waals surface area contributed by atoms with Crippen molar-refractivity contribution in [2.75, 3.05) is 11.9 Å². The molecule has 2 amide bonds. The van der Waals surface area contributed by atoms with Gasteiger partial charge in [-0.3, -0.25) is 9.59 Å². The van der Waals surface area contributed by atoms with E-state index in [-0.39, 0.29) is 24.8 Å². The first-order valence-electron chi connectivity index (χ1n) is 9.29. The van der Waals surface area contributed by atoms with Gasteiger partial charge >= 0.3 is 0 Å². The van der Waals surface area contributed by atoms with Crippen LogP contribution in [0.25, 0.3) is 0 Å². The molecule has 0 saturated heterocycles. The second kappa shape index (κ2) is 8.24. The van der Waals surface area contributed by atoms with E-state index in [1.165, 1.54) is 41.3 Å². The summed E-state index contributed by atoms with van der Waals surface area (Å²) in [7, 11) is 0. The van der Waals surface area contributed by atoms with Crippen LogP contribution in [-0.4, -0.2) is 23.3 Å². The normalized spacial score (nSPS) is 15.9. The summed E-state index contributed by atoms with van der Waals surface area (Å²) in [5.74, 6) is -1.47. The molecule has 3 aromatic rings. The molecular weight excluding hydrogens is 410 g/mol. The van der Waals surface area contributed by atoms with Gasteiger partial charge in [-0.2, -0.15) is 0 Å². The zero-order chi connectivity index (χ0) is 21.3. The highest BCUT2D eigenvalue weighted by atomic mass is 35.5. The topological polar surface area (TPSA) is 49.4 Å². The lowest BCUT2D eigenvalue weighted by atomic mass is 9.95. The van der Waals surface area contributed by atoms with Crippen LogP contribution in [0.1, 0.15) is 22.7 Å². The molecule has 0 aromatic heterocycles. The molecule has 1 aliphatic rings. The molecule has 4 nitrogen and oxygen atoms in total. The minimum absolute atomic E-state index is 0.0127. The van der Waals surface area contributed by atoms with E-state index in [0.29, 0.717) is 27.4 Å². The van der Waals surface area contributed by atoms with Crippen molar-refractivity contribution in [2.24, 2.45) is 0 Å². The molecule has 1 N–H and O–H groups in total. The van der Waals surface area contributed by atoms with E-state index in [2.05, 4.69) is 5.32 Å². The number of rotatable bonds is 3. The minimum Gasteiger partial charge on any atom is -0.324 e. The van der Waals surface area contributed by atoms with Crippen LogP contribution in [-0.2, 0) is 16.0 Å². The molecule has 1 heterocycles. The number of amides is 2. The van der Waals surface area contributed by atoms with Gasteiger partial charge in [0, 0.05) is 16.3 Å². The maximum atomic E-state index is 13.5. The van der Waals surface area contributed by atoms with Gasteiger partial charge < -0.3 is 10.2 Å². The van der Waals surface area contributed by atoms with Crippen LogP contribution in [0.4, 0.5) is 14.5 Å². The fraction of sp³-hybridized carbons (Fsp3) is 0.130. The number of anilines is 1. The molecule has 1 unspecified atom stereocenters. The first-order valence-corrected chi connectivity index (χ1v) is 9.67. The third-order valence-corrected chi connectivity index (χ3v) is 5.22. The van der Waals surface area contributed by atoms with Crippen LogP contribution in [0.15, 0.2) is 66.7 Å². The zero-order valence-electron chi connectivity index (χ0n) is 15.7. The van der Waals surface area contributed by atoms with Crippen molar-refractivity contribution in [3.63, 3.8) is 0 Å². The highest BCUT2D eigenvalue weighted by Gasteiger charge is 2.33. The largest absolute Gasteiger partial charge is 0.324 e. The summed E-state index contributed by atoms with van der Waals surface area (Å²) in [6, 6.07) is 15.8. The van der Waals surface area contributed by atoms with E-state index in [1.54, 1.807) is 30.3 Å². The fourth-order valence-corrected chi connectivity index (χ4v) is 3.77. The maximum Gasteiger partial charge on any atom is 0.244 e. The first-order chi connectivity index (χ1) is 14.4. The summed E-state index contributed by atoms with van der Waals surface area (Å²) in [4.78, 5) is 27.2. The van der Waals surface area contributed by atoms with Crippen LogP contribution in [0.3, 0.4) is 0 Å². The summed E-state index contributed by atoms with van der Waals surface area (Å²) in [6.45, 7) is -0.186. The Bertz CT molecular complexity index is 1100. The van der Waals surface area contributed by atoms with Crippen molar-refractivity contribution < 1.29 is 18.4 Å². The van der Waals surface area contributed by atoms with Crippen molar-refractivity contribution >= 4 is 29.1 Å². The van der Waals surface area contributed by atoms with Crippen molar-refractivity contribution in [1.82, 2.24) is 4.90 Å². The van der Waals surface area contributed by atoms with Gasteiger partial charge in [0.25, 0.3) is 0 Å². The molecule has 0 aliphatic carbocycles. The highest BCUT2D eigenvalue weighted by Crippen LogP contribution is 2.37. The Morgan fingerprint density at radius 1 is 1.00 bits per heavy atom. The lowest BCUT2D eigenvalue weighted by Crippen LogP contribution is -2.39. The summed E-state index contributed by atoms with van der Waals surface area (Å²) in [6.07, 6.45) is -0.0127. The third-order valence-electron chi connectivity index (χ3n) is 4.98. The van der Waals surface area contributed by atoms with E-state index in [0.717, 1.165) is 0 Å². The Kier molecular flexibility index (Phi) is 5.50. The number of fused-ring (bicyclic) bond motifs is 1. The van der Waals surface area contributed by atoms with E-state index in [4.69, 9.17) is 11.6 Å². The molecule has 0 radical (unpaired) electrons. The molecule has 1 aliphatic heterocycles. The molecule has 152 valence electrons. The molecule has 30 heavy (non-hydrogen) atoms. The minimum atomic E-state index is -0.647. The second-order valence-corrected chi connectivity index (χ2v) is 7.50. The quantitative estimate of drug-likeness (QED) is 0.658. The van der Waals surface area contributed by atoms with Crippen LogP contribution in [0.5, 0.6) is 0 Å². The van der Waals surface area contributed by atoms with Gasteiger partial charge in [0.2, 0.25) is 11.8 Å². The van der Waals surface area contributed by atoms with Gasteiger partial charge in [0.1, 0.15) is 18.2 Å². The van der Waals surface area contributed by atoms with Gasteiger partial charge in [0.05, 0.1) is 12.5 Å². The maximum absolute atomic E-state index is 13.5. The van der Waals surface area contributed by atoms with E-state index >= 15 is 0 Å². The van der Waals surface area contributed by atoms with Crippen molar-refractivity contribution in [2.45, 2.75) is 12.5 Å². The Morgan fingerprint density at radius 3 is 2.30 bits per heavy atom.